The van der Waals surface area contributed by atoms with E-state index in [0.717, 1.165) is 25.9 Å². The Bertz CT molecular complexity index is 364. The van der Waals surface area contributed by atoms with E-state index in [9.17, 15) is 4.79 Å². The molecule has 1 aliphatic rings. The lowest BCUT2D eigenvalue weighted by Gasteiger charge is -2.24. The SMILES string of the molecule is CN1CCCCC[C@@H]1C(=O)NCCc1cccs1. The summed E-state index contributed by atoms with van der Waals surface area (Å²) in [5.74, 6) is 0.205. The zero-order valence-corrected chi connectivity index (χ0v) is 11.8. The van der Waals surface area contributed by atoms with E-state index in [1.54, 1.807) is 11.3 Å². The fourth-order valence-electron chi connectivity index (χ4n) is 2.46. The van der Waals surface area contributed by atoms with Crippen molar-refractivity contribution in [1.82, 2.24) is 10.2 Å². The van der Waals surface area contributed by atoms with Crippen LogP contribution < -0.4 is 5.32 Å². The lowest BCUT2D eigenvalue weighted by Crippen LogP contribution is -2.45. The molecular weight excluding hydrogens is 244 g/mol. The van der Waals surface area contributed by atoms with Crippen molar-refractivity contribution in [2.24, 2.45) is 0 Å². The van der Waals surface area contributed by atoms with E-state index >= 15 is 0 Å². The fraction of sp³-hybridized carbons (Fsp3) is 0.643. The summed E-state index contributed by atoms with van der Waals surface area (Å²) in [6.07, 6.45) is 5.59. The Morgan fingerprint density at radius 1 is 1.50 bits per heavy atom. The number of nitrogens with zero attached hydrogens (tertiary/aromatic N) is 1. The highest BCUT2D eigenvalue weighted by Gasteiger charge is 2.23. The summed E-state index contributed by atoms with van der Waals surface area (Å²) in [6.45, 7) is 1.80. The average molecular weight is 266 g/mol. The smallest absolute Gasteiger partial charge is 0.237 e. The second-order valence-corrected chi connectivity index (χ2v) is 6.00. The zero-order chi connectivity index (χ0) is 12.8. The average Bonchev–Trinajstić information content (AvgIpc) is 2.77. The molecule has 1 amide bonds. The summed E-state index contributed by atoms with van der Waals surface area (Å²) < 4.78 is 0. The minimum Gasteiger partial charge on any atom is -0.354 e. The second-order valence-electron chi connectivity index (χ2n) is 4.97. The van der Waals surface area contributed by atoms with E-state index in [1.165, 1.54) is 24.1 Å². The number of likely N-dealkylation sites (N-methyl/N-ethyl adjacent to an activating group) is 1. The summed E-state index contributed by atoms with van der Waals surface area (Å²) in [7, 11) is 2.06. The summed E-state index contributed by atoms with van der Waals surface area (Å²) >= 11 is 1.75. The molecule has 1 N–H and O–H groups in total. The number of thiophene rings is 1. The van der Waals surface area contributed by atoms with Crippen LogP contribution in [0.3, 0.4) is 0 Å². The summed E-state index contributed by atoms with van der Waals surface area (Å²) in [5.41, 5.74) is 0. The molecule has 1 fully saturated rings. The van der Waals surface area contributed by atoms with Crippen molar-refractivity contribution >= 4 is 17.2 Å². The van der Waals surface area contributed by atoms with Gasteiger partial charge in [0.15, 0.2) is 0 Å². The summed E-state index contributed by atoms with van der Waals surface area (Å²) in [5, 5.41) is 5.15. The highest BCUT2D eigenvalue weighted by Crippen LogP contribution is 2.15. The van der Waals surface area contributed by atoms with Gasteiger partial charge in [-0.05, 0) is 44.3 Å². The van der Waals surface area contributed by atoms with Gasteiger partial charge in [-0.3, -0.25) is 9.69 Å². The van der Waals surface area contributed by atoms with Gasteiger partial charge in [0.2, 0.25) is 5.91 Å². The summed E-state index contributed by atoms with van der Waals surface area (Å²) in [6, 6.07) is 4.26. The van der Waals surface area contributed by atoms with E-state index in [-0.39, 0.29) is 11.9 Å². The molecule has 4 heteroatoms. The van der Waals surface area contributed by atoms with Crippen molar-refractivity contribution in [1.29, 1.82) is 0 Å². The molecule has 3 nitrogen and oxygen atoms in total. The van der Waals surface area contributed by atoms with Gasteiger partial charge in [-0.15, -0.1) is 11.3 Å². The van der Waals surface area contributed by atoms with Gasteiger partial charge in [-0.1, -0.05) is 18.9 Å². The van der Waals surface area contributed by atoms with Crippen LogP contribution in [0.1, 0.15) is 30.6 Å². The number of hydrogen-bond acceptors (Lipinski definition) is 3. The van der Waals surface area contributed by atoms with Crippen molar-refractivity contribution in [3.05, 3.63) is 22.4 Å². The number of amides is 1. The number of rotatable bonds is 4. The van der Waals surface area contributed by atoms with Crippen molar-refractivity contribution in [2.45, 2.75) is 38.1 Å². The van der Waals surface area contributed by atoms with Gasteiger partial charge in [-0.2, -0.15) is 0 Å². The third-order valence-corrected chi connectivity index (χ3v) is 4.51. The van der Waals surface area contributed by atoms with Gasteiger partial charge in [0.25, 0.3) is 0 Å². The van der Waals surface area contributed by atoms with E-state index in [0.29, 0.717) is 0 Å². The van der Waals surface area contributed by atoms with Crippen molar-refractivity contribution in [2.75, 3.05) is 20.1 Å². The Labute approximate surface area is 113 Å². The molecule has 0 spiro atoms. The van der Waals surface area contributed by atoms with Crippen LogP contribution in [0, 0.1) is 0 Å². The molecule has 1 aliphatic heterocycles. The Hall–Kier alpha value is -0.870. The Kier molecular flexibility index (Phi) is 5.20. The molecule has 2 rings (SSSR count). The van der Waals surface area contributed by atoms with E-state index in [4.69, 9.17) is 0 Å². The van der Waals surface area contributed by atoms with Crippen LogP contribution in [0.4, 0.5) is 0 Å². The first-order valence-corrected chi connectivity index (χ1v) is 7.65. The molecule has 0 bridgehead atoms. The quantitative estimate of drug-likeness (QED) is 0.907. The fourth-order valence-corrected chi connectivity index (χ4v) is 3.17. The molecule has 2 heterocycles. The molecule has 0 unspecified atom stereocenters. The molecule has 18 heavy (non-hydrogen) atoms. The van der Waals surface area contributed by atoms with Crippen molar-refractivity contribution in [3.8, 4) is 0 Å². The molecule has 100 valence electrons. The van der Waals surface area contributed by atoms with E-state index in [1.807, 2.05) is 0 Å². The van der Waals surface area contributed by atoms with Gasteiger partial charge in [0.05, 0.1) is 6.04 Å². The third-order valence-electron chi connectivity index (χ3n) is 3.57. The molecule has 1 saturated heterocycles. The first kappa shape index (κ1) is 13.6. The third kappa shape index (κ3) is 3.82. The minimum atomic E-state index is 0.0795. The lowest BCUT2D eigenvalue weighted by molar-refractivity contribution is -0.126. The van der Waals surface area contributed by atoms with Crippen LogP contribution in [-0.4, -0.2) is 37.0 Å². The predicted molar refractivity (Wildman–Crippen MR) is 75.9 cm³/mol. The molecular formula is C14H22N2OS. The number of carbonyl (C=O) groups excluding carboxylic acids is 1. The molecule has 1 atom stereocenters. The largest absolute Gasteiger partial charge is 0.354 e. The van der Waals surface area contributed by atoms with Crippen LogP contribution in [0.25, 0.3) is 0 Å². The van der Waals surface area contributed by atoms with Crippen LogP contribution in [0.2, 0.25) is 0 Å². The number of likely N-dealkylation sites (tertiary alicyclic amines) is 1. The van der Waals surface area contributed by atoms with Crippen molar-refractivity contribution < 1.29 is 4.79 Å². The van der Waals surface area contributed by atoms with Gasteiger partial charge < -0.3 is 5.32 Å². The first-order chi connectivity index (χ1) is 8.77. The number of nitrogens with one attached hydrogen (secondary N) is 1. The molecule has 0 radical (unpaired) electrons. The molecule has 0 aromatic carbocycles. The molecule has 1 aromatic heterocycles. The highest BCUT2D eigenvalue weighted by molar-refractivity contribution is 7.09. The van der Waals surface area contributed by atoms with Crippen LogP contribution >= 0.6 is 11.3 Å². The molecule has 1 aromatic rings. The predicted octanol–water partition coefficient (Wildman–Crippen LogP) is 2.28. The Morgan fingerprint density at radius 3 is 3.17 bits per heavy atom. The van der Waals surface area contributed by atoms with Gasteiger partial charge >= 0.3 is 0 Å². The Morgan fingerprint density at radius 2 is 2.39 bits per heavy atom. The van der Waals surface area contributed by atoms with Crippen LogP contribution in [0.5, 0.6) is 0 Å². The summed E-state index contributed by atoms with van der Waals surface area (Å²) in [4.78, 5) is 15.7. The van der Waals surface area contributed by atoms with Gasteiger partial charge in [0, 0.05) is 11.4 Å². The monoisotopic (exact) mass is 266 g/mol. The lowest BCUT2D eigenvalue weighted by atomic mass is 10.1. The number of hydrogen-bond donors (Lipinski definition) is 1. The molecule has 0 aliphatic carbocycles. The maximum Gasteiger partial charge on any atom is 0.237 e. The number of carbonyl (C=O) groups is 1. The van der Waals surface area contributed by atoms with Gasteiger partial charge in [-0.25, -0.2) is 0 Å². The van der Waals surface area contributed by atoms with Crippen molar-refractivity contribution in [3.63, 3.8) is 0 Å². The normalized spacial score (nSPS) is 21.5. The van der Waals surface area contributed by atoms with E-state index < -0.39 is 0 Å². The van der Waals surface area contributed by atoms with Crippen LogP contribution in [0.15, 0.2) is 17.5 Å². The van der Waals surface area contributed by atoms with E-state index in [2.05, 4.69) is 34.8 Å². The van der Waals surface area contributed by atoms with Gasteiger partial charge in [0.1, 0.15) is 0 Å². The zero-order valence-electron chi connectivity index (χ0n) is 11.0. The Balaban J connectivity index is 1.76. The first-order valence-electron chi connectivity index (χ1n) is 6.77. The molecule has 0 saturated carbocycles. The standard InChI is InChI=1S/C14H22N2OS/c1-16-10-4-2-3-7-13(16)14(17)15-9-8-12-6-5-11-18-12/h5-6,11,13H,2-4,7-10H2,1H3,(H,15,17)/t13-/m1/s1. The topological polar surface area (TPSA) is 32.3 Å². The maximum atomic E-state index is 12.1. The second kappa shape index (κ2) is 6.90. The minimum absolute atomic E-state index is 0.0795. The highest BCUT2D eigenvalue weighted by atomic mass is 32.1. The van der Waals surface area contributed by atoms with Crippen LogP contribution in [-0.2, 0) is 11.2 Å². The maximum absolute atomic E-state index is 12.1.